The van der Waals surface area contributed by atoms with Crippen molar-refractivity contribution in [1.29, 1.82) is 0 Å². The van der Waals surface area contributed by atoms with Gasteiger partial charge in [0.25, 0.3) is 0 Å². The van der Waals surface area contributed by atoms with Gasteiger partial charge >= 0.3 is 6.09 Å². The Bertz CT molecular complexity index is 733. The summed E-state index contributed by atoms with van der Waals surface area (Å²) >= 11 is 0. The molecule has 130 valence electrons. The molecular formula is C17H23N3O3S. The highest BCUT2D eigenvalue weighted by Gasteiger charge is 2.31. The molecule has 1 fully saturated rings. The molecule has 1 saturated heterocycles. The van der Waals surface area contributed by atoms with E-state index in [2.05, 4.69) is 9.97 Å². The minimum absolute atomic E-state index is 0.133. The molecule has 1 aromatic heterocycles. The first-order valence-electron chi connectivity index (χ1n) is 8.17. The van der Waals surface area contributed by atoms with E-state index in [-0.39, 0.29) is 11.3 Å². The number of nitrogens with zero attached hydrogens (tertiary/aromatic N) is 2. The van der Waals surface area contributed by atoms with Crippen molar-refractivity contribution in [2.75, 3.05) is 13.1 Å². The van der Waals surface area contributed by atoms with Crippen LogP contribution < -0.4 is 0 Å². The molecule has 0 radical (unpaired) electrons. The molecule has 7 heteroatoms. The Morgan fingerprint density at radius 3 is 2.83 bits per heavy atom. The fourth-order valence-electron chi connectivity index (χ4n) is 2.79. The van der Waals surface area contributed by atoms with Crippen LogP contribution in [0.5, 0.6) is 0 Å². The van der Waals surface area contributed by atoms with Crippen LogP contribution in [0.1, 0.15) is 33.6 Å². The van der Waals surface area contributed by atoms with Gasteiger partial charge in [0.1, 0.15) is 5.60 Å². The minimum atomic E-state index is -1.28. The molecule has 2 atom stereocenters. The summed E-state index contributed by atoms with van der Waals surface area (Å²) in [4.78, 5) is 21.4. The standard InChI is InChI=1S/C17H23N3O3S/c1-17(2,3)23-16(21)20-10-6-7-12(11-20)24(22)15-18-13-8-4-5-9-14(13)19-15/h4-5,8-9,12H,6-7,10-11H2,1-3H3,(H,18,19)/t12-,24-/m1/s1. The number of imidazole rings is 1. The summed E-state index contributed by atoms with van der Waals surface area (Å²) in [6, 6.07) is 7.62. The van der Waals surface area contributed by atoms with E-state index < -0.39 is 16.4 Å². The Morgan fingerprint density at radius 2 is 2.12 bits per heavy atom. The summed E-state index contributed by atoms with van der Waals surface area (Å²) in [6.45, 7) is 6.61. The summed E-state index contributed by atoms with van der Waals surface area (Å²) in [7, 11) is -1.28. The number of aromatic nitrogens is 2. The molecule has 2 heterocycles. The van der Waals surface area contributed by atoms with Crippen LogP contribution in [-0.4, -0.2) is 49.1 Å². The van der Waals surface area contributed by atoms with Crippen LogP contribution in [0.3, 0.4) is 0 Å². The van der Waals surface area contributed by atoms with Gasteiger partial charge in [0.05, 0.1) is 27.1 Å². The van der Waals surface area contributed by atoms with Gasteiger partial charge in [-0.15, -0.1) is 0 Å². The molecule has 1 amide bonds. The van der Waals surface area contributed by atoms with Crippen molar-refractivity contribution in [3.63, 3.8) is 0 Å². The fourth-order valence-corrected chi connectivity index (χ4v) is 4.20. The first kappa shape index (κ1) is 17.0. The van der Waals surface area contributed by atoms with Gasteiger partial charge in [-0.25, -0.2) is 9.78 Å². The highest BCUT2D eigenvalue weighted by atomic mass is 32.2. The normalized spacial score (nSPS) is 20.1. The summed E-state index contributed by atoms with van der Waals surface area (Å²) in [5, 5.41) is 0.346. The van der Waals surface area contributed by atoms with Crippen molar-refractivity contribution in [3.05, 3.63) is 24.3 Å². The number of carbonyl (C=O) groups is 1. The Hall–Kier alpha value is -1.89. The molecule has 6 nitrogen and oxygen atoms in total. The molecule has 1 aliphatic heterocycles. The van der Waals surface area contributed by atoms with Gasteiger partial charge in [0, 0.05) is 13.1 Å². The quantitative estimate of drug-likeness (QED) is 0.904. The smallest absolute Gasteiger partial charge is 0.410 e. The van der Waals surface area contributed by atoms with Gasteiger partial charge in [-0.1, -0.05) is 12.1 Å². The van der Waals surface area contributed by atoms with E-state index in [0.29, 0.717) is 18.2 Å². The zero-order valence-electron chi connectivity index (χ0n) is 14.2. The van der Waals surface area contributed by atoms with E-state index in [1.807, 2.05) is 45.0 Å². The van der Waals surface area contributed by atoms with E-state index in [4.69, 9.17) is 4.74 Å². The SMILES string of the molecule is CC(C)(C)OC(=O)N1CCC[C@@H]([S@@](=O)c2nc3ccccc3[nH]2)C1. The average Bonchev–Trinajstić information content (AvgIpc) is 2.96. The Kier molecular flexibility index (Phi) is 4.62. The largest absolute Gasteiger partial charge is 0.444 e. The van der Waals surface area contributed by atoms with Gasteiger partial charge < -0.3 is 14.6 Å². The zero-order chi connectivity index (χ0) is 17.3. The number of para-hydroxylation sites is 2. The third-order valence-electron chi connectivity index (χ3n) is 3.89. The van der Waals surface area contributed by atoms with Crippen molar-refractivity contribution >= 4 is 27.9 Å². The monoisotopic (exact) mass is 349 g/mol. The molecule has 1 N–H and O–H groups in total. The van der Waals surface area contributed by atoms with Gasteiger partial charge in [0.15, 0.2) is 5.16 Å². The second-order valence-electron chi connectivity index (χ2n) is 7.05. The lowest BCUT2D eigenvalue weighted by molar-refractivity contribution is 0.0219. The van der Waals surface area contributed by atoms with Crippen LogP contribution in [0.2, 0.25) is 0 Å². The molecule has 2 aromatic rings. The molecule has 0 unspecified atom stereocenters. The van der Waals surface area contributed by atoms with Gasteiger partial charge in [-0.3, -0.25) is 4.21 Å². The molecule has 1 aliphatic rings. The lowest BCUT2D eigenvalue weighted by atomic mass is 10.1. The number of hydrogen-bond donors (Lipinski definition) is 1. The predicted octanol–water partition coefficient (Wildman–Crippen LogP) is 3.07. The number of likely N-dealkylation sites (tertiary alicyclic amines) is 1. The number of carbonyl (C=O) groups excluding carboxylic acids is 1. The maximum absolute atomic E-state index is 12.9. The number of aromatic amines is 1. The van der Waals surface area contributed by atoms with Gasteiger partial charge in [0.2, 0.25) is 0 Å². The fraction of sp³-hybridized carbons (Fsp3) is 0.529. The van der Waals surface area contributed by atoms with E-state index in [0.717, 1.165) is 23.9 Å². The summed E-state index contributed by atoms with van der Waals surface area (Å²) < 4.78 is 18.3. The molecule has 0 bridgehead atoms. The van der Waals surface area contributed by atoms with E-state index >= 15 is 0 Å². The van der Waals surface area contributed by atoms with Crippen molar-refractivity contribution < 1.29 is 13.7 Å². The number of nitrogens with one attached hydrogen (secondary N) is 1. The molecule has 0 aliphatic carbocycles. The minimum Gasteiger partial charge on any atom is -0.444 e. The van der Waals surface area contributed by atoms with Crippen molar-refractivity contribution in [2.24, 2.45) is 0 Å². The number of ether oxygens (including phenoxy) is 1. The molecule has 3 rings (SSSR count). The third-order valence-corrected chi connectivity index (χ3v) is 5.46. The summed E-state index contributed by atoms with van der Waals surface area (Å²) in [5.41, 5.74) is 1.16. The number of amides is 1. The topological polar surface area (TPSA) is 75.3 Å². The lowest BCUT2D eigenvalue weighted by Gasteiger charge is -2.33. The number of H-pyrrole nitrogens is 1. The molecular weight excluding hydrogens is 326 g/mol. The maximum atomic E-state index is 12.9. The van der Waals surface area contributed by atoms with Crippen LogP contribution in [0.4, 0.5) is 4.79 Å². The second kappa shape index (κ2) is 6.55. The lowest BCUT2D eigenvalue weighted by Crippen LogP contribution is -2.46. The number of benzene rings is 1. The van der Waals surface area contributed by atoms with Gasteiger partial charge in [-0.2, -0.15) is 0 Å². The van der Waals surface area contributed by atoms with E-state index in [1.165, 1.54) is 0 Å². The third kappa shape index (κ3) is 3.77. The second-order valence-corrected chi connectivity index (χ2v) is 8.70. The van der Waals surface area contributed by atoms with Crippen LogP contribution >= 0.6 is 0 Å². The highest BCUT2D eigenvalue weighted by molar-refractivity contribution is 7.85. The maximum Gasteiger partial charge on any atom is 0.410 e. The Morgan fingerprint density at radius 1 is 1.38 bits per heavy atom. The van der Waals surface area contributed by atoms with Crippen molar-refractivity contribution in [1.82, 2.24) is 14.9 Å². The molecule has 1 aromatic carbocycles. The van der Waals surface area contributed by atoms with Gasteiger partial charge in [-0.05, 0) is 45.7 Å². The number of fused-ring (bicyclic) bond motifs is 1. The molecule has 0 spiro atoms. The van der Waals surface area contributed by atoms with Crippen LogP contribution in [-0.2, 0) is 15.5 Å². The van der Waals surface area contributed by atoms with Crippen LogP contribution in [0.25, 0.3) is 11.0 Å². The predicted molar refractivity (Wildman–Crippen MR) is 93.3 cm³/mol. The van der Waals surface area contributed by atoms with Crippen molar-refractivity contribution in [3.8, 4) is 0 Å². The summed E-state index contributed by atoms with van der Waals surface area (Å²) in [6.07, 6.45) is 1.28. The first-order valence-corrected chi connectivity index (χ1v) is 9.38. The van der Waals surface area contributed by atoms with Crippen LogP contribution in [0, 0.1) is 0 Å². The van der Waals surface area contributed by atoms with E-state index in [1.54, 1.807) is 4.90 Å². The summed E-state index contributed by atoms with van der Waals surface area (Å²) in [5.74, 6) is 0. The Balaban J connectivity index is 1.72. The molecule has 0 saturated carbocycles. The number of hydrogen-bond acceptors (Lipinski definition) is 4. The highest BCUT2D eigenvalue weighted by Crippen LogP contribution is 2.22. The number of piperidine rings is 1. The van der Waals surface area contributed by atoms with Crippen LogP contribution in [0.15, 0.2) is 29.4 Å². The average molecular weight is 349 g/mol. The van der Waals surface area contributed by atoms with E-state index in [9.17, 15) is 9.00 Å². The Labute approximate surface area is 144 Å². The molecule has 24 heavy (non-hydrogen) atoms. The number of rotatable bonds is 2. The zero-order valence-corrected chi connectivity index (χ0v) is 15.1. The van der Waals surface area contributed by atoms with Crippen molar-refractivity contribution in [2.45, 2.75) is 49.6 Å². The first-order chi connectivity index (χ1) is 11.3.